The third kappa shape index (κ3) is 4.50. The number of thiophene rings is 1. The van der Waals surface area contributed by atoms with E-state index in [9.17, 15) is 9.18 Å². The standard InChI is InChI=1S/C23H26FN3O2S/c1-16-4-2-10-26(16)14-17-5-3-11-27(17)23(28)21-9-6-18(12-22(21)24)29-15-20-8-7-19(13-25)30-20/h6-9,12,16-17H,2-5,10-11,14-15H2,1H3. The molecule has 5 nitrogen and oxygen atoms in total. The van der Waals surface area contributed by atoms with Crippen LogP contribution in [0, 0.1) is 17.1 Å². The molecule has 1 aromatic heterocycles. The molecule has 2 aromatic rings. The van der Waals surface area contributed by atoms with E-state index in [1.165, 1.54) is 36.3 Å². The summed E-state index contributed by atoms with van der Waals surface area (Å²) in [6.45, 7) is 5.15. The molecular weight excluding hydrogens is 401 g/mol. The highest BCUT2D eigenvalue weighted by Crippen LogP contribution is 2.27. The minimum absolute atomic E-state index is 0.103. The summed E-state index contributed by atoms with van der Waals surface area (Å²) in [5.74, 6) is -0.410. The zero-order chi connectivity index (χ0) is 21.1. The Morgan fingerprint density at radius 3 is 2.80 bits per heavy atom. The van der Waals surface area contributed by atoms with Crippen LogP contribution in [0.15, 0.2) is 30.3 Å². The average Bonchev–Trinajstić information content (AvgIpc) is 3.48. The molecule has 3 heterocycles. The van der Waals surface area contributed by atoms with Gasteiger partial charge in [0, 0.05) is 36.1 Å². The molecular formula is C23H26FN3O2S. The van der Waals surface area contributed by atoms with Crippen LogP contribution in [0.25, 0.3) is 0 Å². The van der Waals surface area contributed by atoms with Gasteiger partial charge in [0.25, 0.3) is 5.91 Å². The molecule has 0 saturated carbocycles. The fourth-order valence-corrected chi connectivity index (χ4v) is 5.13. The van der Waals surface area contributed by atoms with Crippen LogP contribution in [0.3, 0.4) is 0 Å². The number of nitrogens with zero attached hydrogens (tertiary/aromatic N) is 3. The number of rotatable bonds is 6. The summed E-state index contributed by atoms with van der Waals surface area (Å²) >= 11 is 1.35. The number of amides is 1. The fourth-order valence-electron chi connectivity index (χ4n) is 4.41. The molecule has 30 heavy (non-hydrogen) atoms. The van der Waals surface area contributed by atoms with E-state index in [1.807, 2.05) is 11.0 Å². The second-order valence-electron chi connectivity index (χ2n) is 8.09. The predicted octanol–water partition coefficient (Wildman–Crippen LogP) is 4.43. The Kier molecular flexibility index (Phi) is 6.35. The van der Waals surface area contributed by atoms with Crippen molar-refractivity contribution in [3.63, 3.8) is 0 Å². The van der Waals surface area contributed by atoms with Crippen LogP contribution in [0.1, 0.15) is 52.7 Å². The zero-order valence-corrected chi connectivity index (χ0v) is 18.0. The molecule has 158 valence electrons. The van der Waals surface area contributed by atoms with Crippen LogP contribution in [0.2, 0.25) is 0 Å². The summed E-state index contributed by atoms with van der Waals surface area (Å²) < 4.78 is 20.4. The Morgan fingerprint density at radius 1 is 1.27 bits per heavy atom. The van der Waals surface area contributed by atoms with E-state index in [0.29, 0.717) is 23.2 Å². The van der Waals surface area contributed by atoms with Crippen LogP contribution in [-0.2, 0) is 6.61 Å². The van der Waals surface area contributed by atoms with Crippen molar-refractivity contribution in [1.82, 2.24) is 9.80 Å². The topological polar surface area (TPSA) is 56.6 Å². The molecule has 4 rings (SSSR count). The van der Waals surface area contributed by atoms with E-state index >= 15 is 0 Å². The molecule has 2 aliphatic rings. The Hall–Kier alpha value is -2.43. The summed E-state index contributed by atoms with van der Waals surface area (Å²) in [5.41, 5.74) is 0.103. The van der Waals surface area contributed by atoms with Crippen LogP contribution in [-0.4, -0.2) is 47.4 Å². The largest absolute Gasteiger partial charge is 0.488 e. The van der Waals surface area contributed by atoms with Crippen LogP contribution < -0.4 is 4.74 Å². The van der Waals surface area contributed by atoms with Gasteiger partial charge in [0.15, 0.2) is 0 Å². The molecule has 0 bridgehead atoms. The molecule has 2 fully saturated rings. The minimum Gasteiger partial charge on any atom is -0.488 e. The van der Waals surface area contributed by atoms with Gasteiger partial charge in [-0.1, -0.05) is 0 Å². The second-order valence-corrected chi connectivity index (χ2v) is 9.26. The highest BCUT2D eigenvalue weighted by molar-refractivity contribution is 7.12. The van der Waals surface area contributed by atoms with Crippen molar-refractivity contribution >= 4 is 17.2 Å². The first-order chi connectivity index (χ1) is 14.5. The third-order valence-corrected chi connectivity index (χ3v) is 7.06. The molecule has 0 aliphatic carbocycles. The van der Waals surface area contributed by atoms with Crippen LogP contribution in [0.4, 0.5) is 4.39 Å². The van der Waals surface area contributed by atoms with Gasteiger partial charge in [-0.25, -0.2) is 4.39 Å². The van der Waals surface area contributed by atoms with Crippen molar-refractivity contribution in [3.05, 3.63) is 51.5 Å². The highest BCUT2D eigenvalue weighted by atomic mass is 32.1. The summed E-state index contributed by atoms with van der Waals surface area (Å²) in [6, 6.07) is 10.8. The molecule has 2 unspecified atom stereocenters. The lowest BCUT2D eigenvalue weighted by Crippen LogP contribution is -2.44. The van der Waals surface area contributed by atoms with Gasteiger partial charge in [0.05, 0.1) is 5.56 Å². The number of halogens is 1. The normalized spacial score (nSPS) is 21.7. The monoisotopic (exact) mass is 427 g/mol. The van der Waals surface area contributed by atoms with Crippen LogP contribution >= 0.6 is 11.3 Å². The van der Waals surface area contributed by atoms with Gasteiger partial charge in [-0.15, -0.1) is 11.3 Å². The number of carbonyl (C=O) groups is 1. The van der Waals surface area contributed by atoms with Crippen molar-refractivity contribution in [2.75, 3.05) is 19.6 Å². The first kappa shape index (κ1) is 20.8. The average molecular weight is 428 g/mol. The summed E-state index contributed by atoms with van der Waals surface area (Å²) in [6.07, 6.45) is 4.36. The smallest absolute Gasteiger partial charge is 0.257 e. The van der Waals surface area contributed by atoms with Gasteiger partial charge in [-0.3, -0.25) is 9.69 Å². The summed E-state index contributed by atoms with van der Waals surface area (Å²) in [5, 5.41) is 8.89. The van der Waals surface area contributed by atoms with Gasteiger partial charge in [0.2, 0.25) is 0 Å². The first-order valence-electron chi connectivity index (χ1n) is 10.5. The number of carbonyl (C=O) groups excluding carboxylic acids is 1. The number of hydrogen-bond acceptors (Lipinski definition) is 5. The van der Waals surface area contributed by atoms with E-state index in [1.54, 1.807) is 12.1 Å². The van der Waals surface area contributed by atoms with E-state index in [0.717, 1.165) is 30.8 Å². The molecule has 0 radical (unpaired) electrons. The lowest BCUT2D eigenvalue weighted by molar-refractivity contribution is 0.0692. The summed E-state index contributed by atoms with van der Waals surface area (Å²) in [7, 11) is 0. The van der Waals surface area contributed by atoms with Crippen molar-refractivity contribution in [2.45, 2.75) is 51.3 Å². The maximum absolute atomic E-state index is 14.8. The lowest BCUT2D eigenvalue weighted by Gasteiger charge is -2.31. The first-order valence-corrected chi connectivity index (χ1v) is 11.3. The van der Waals surface area contributed by atoms with E-state index in [-0.39, 0.29) is 24.1 Å². The molecule has 7 heteroatoms. The van der Waals surface area contributed by atoms with Crippen molar-refractivity contribution in [3.8, 4) is 11.8 Å². The quantitative estimate of drug-likeness (QED) is 0.685. The summed E-state index contributed by atoms with van der Waals surface area (Å²) in [4.78, 5) is 18.9. The van der Waals surface area contributed by atoms with Gasteiger partial charge >= 0.3 is 0 Å². The molecule has 2 aliphatic heterocycles. The molecule has 1 aromatic carbocycles. The molecule has 0 spiro atoms. The lowest BCUT2D eigenvalue weighted by atomic mass is 10.1. The SMILES string of the molecule is CC1CCCN1CC1CCCN1C(=O)c1ccc(OCc2ccc(C#N)s2)cc1F. The van der Waals surface area contributed by atoms with Gasteiger partial charge < -0.3 is 9.64 Å². The highest BCUT2D eigenvalue weighted by Gasteiger charge is 2.33. The Morgan fingerprint density at radius 2 is 2.10 bits per heavy atom. The third-order valence-electron chi connectivity index (χ3n) is 6.10. The van der Waals surface area contributed by atoms with E-state index < -0.39 is 5.82 Å². The number of hydrogen-bond donors (Lipinski definition) is 0. The number of nitriles is 1. The second kappa shape index (κ2) is 9.15. The Balaban J connectivity index is 1.40. The van der Waals surface area contributed by atoms with Crippen molar-refractivity contribution in [1.29, 1.82) is 5.26 Å². The van der Waals surface area contributed by atoms with Crippen LogP contribution in [0.5, 0.6) is 5.75 Å². The number of ether oxygens (including phenoxy) is 1. The fraction of sp³-hybridized carbons (Fsp3) is 0.478. The van der Waals surface area contributed by atoms with E-state index in [2.05, 4.69) is 17.9 Å². The predicted molar refractivity (Wildman–Crippen MR) is 114 cm³/mol. The van der Waals surface area contributed by atoms with Gasteiger partial charge in [0.1, 0.15) is 29.1 Å². The van der Waals surface area contributed by atoms with Gasteiger partial charge in [-0.2, -0.15) is 5.26 Å². The van der Waals surface area contributed by atoms with Gasteiger partial charge in [-0.05, 0) is 63.4 Å². The maximum Gasteiger partial charge on any atom is 0.257 e. The molecule has 2 saturated heterocycles. The molecule has 1 amide bonds. The molecule has 2 atom stereocenters. The van der Waals surface area contributed by atoms with Crippen molar-refractivity contribution < 1.29 is 13.9 Å². The number of likely N-dealkylation sites (tertiary alicyclic amines) is 2. The molecule has 0 N–H and O–H groups in total. The van der Waals surface area contributed by atoms with E-state index in [4.69, 9.17) is 10.00 Å². The Labute approximate surface area is 180 Å². The van der Waals surface area contributed by atoms with Crippen molar-refractivity contribution in [2.24, 2.45) is 0 Å². The number of benzene rings is 1. The minimum atomic E-state index is -0.554. The maximum atomic E-state index is 14.8. The Bertz CT molecular complexity index is 954. The zero-order valence-electron chi connectivity index (χ0n) is 17.1.